The minimum atomic E-state index is -3.77. The molecule has 1 fully saturated rings. The highest BCUT2D eigenvalue weighted by molar-refractivity contribution is 7.89. The minimum absolute atomic E-state index is 0.220. The maximum Gasteiger partial charge on any atom is 0.329 e. The normalized spacial score (nSPS) is 21.9. The van der Waals surface area contributed by atoms with Crippen LogP contribution in [0, 0.1) is 0 Å². The van der Waals surface area contributed by atoms with Crippen molar-refractivity contribution in [3.05, 3.63) is 35.9 Å². The third-order valence-electron chi connectivity index (χ3n) is 3.57. The molecule has 2 rings (SSSR count). The molecule has 0 amide bonds. The second-order valence-electron chi connectivity index (χ2n) is 5.31. The van der Waals surface area contributed by atoms with Crippen molar-refractivity contribution in [1.82, 2.24) is 4.72 Å². The van der Waals surface area contributed by atoms with Crippen molar-refractivity contribution in [2.75, 3.05) is 12.4 Å². The Kier molecular flexibility index (Phi) is 4.65. The highest BCUT2D eigenvalue weighted by Crippen LogP contribution is 2.23. The van der Waals surface area contributed by atoms with E-state index in [1.807, 2.05) is 0 Å². The zero-order chi connectivity index (χ0) is 15.5. The van der Waals surface area contributed by atoms with Gasteiger partial charge in [-0.2, -0.15) is 4.72 Å². The fraction of sp³-hybridized carbons (Fsp3) is 0.500. The fourth-order valence-corrected chi connectivity index (χ4v) is 4.03. The van der Waals surface area contributed by atoms with Crippen LogP contribution >= 0.6 is 0 Å². The van der Waals surface area contributed by atoms with Crippen LogP contribution in [0.25, 0.3) is 0 Å². The van der Waals surface area contributed by atoms with Gasteiger partial charge in [-0.1, -0.05) is 30.3 Å². The summed E-state index contributed by atoms with van der Waals surface area (Å²) < 4.78 is 32.1. The van der Waals surface area contributed by atoms with Gasteiger partial charge >= 0.3 is 5.97 Å². The van der Waals surface area contributed by atoms with Crippen LogP contribution in [0.5, 0.6) is 0 Å². The Morgan fingerprint density at radius 2 is 2.10 bits per heavy atom. The lowest BCUT2D eigenvalue weighted by Gasteiger charge is -2.27. The Morgan fingerprint density at radius 1 is 1.43 bits per heavy atom. The average Bonchev–Trinajstić information content (AvgIpc) is 2.91. The first-order valence-electron chi connectivity index (χ1n) is 6.76. The number of rotatable bonds is 6. The molecule has 1 aromatic carbocycles. The van der Waals surface area contributed by atoms with E-state index < -0.39 is 21.5 Å². The predicted octanol–water partition coefficient (Wildman–Crippen LogP) is 1.08. The summed E-state index contributed by atoms with van der Waals surface area (Å²) in [4.78, 5) is 11.6. The zero-order valence-corrected chi connectivity index (χ0v) is 12.6. The molecule has 1 heterocycles. The number of benzene rings is 1. The molecule has 1 saturated heterocycles. The monoisotopic (exact) mass is 313 g/mol. The fourth-order valence-electron chi connectivity index (χ4n) is 2.37. The summed E-state index contributed by atoms with van der Waals surface area (Å²) in [7, 11) is -3.77. The number of sulfonamides is 1. The van der Waals surface area contributed by atoms with Gasteiger partial charge in [-0.15, -0.1) is 0 Å². The first-order chi connectivity index (χ1) is 9.83. The predicted molar refractivity (Wildman–Crippen MR) is 77.3 cm³/mol. The number of carboxylic acids is 1. The van der Waals surface area contributed by atoms with E-state index >= 15 is 0 Å². The molecular formula is C14H19NO5S. The van der Waals surface area contributed by atoms with Gasteiger partial charge in [-0.3, -0.25) is 0 Å². The van der Waals surface area contributed by atoms with E-state index in [1.54, 1.807) is 30.3 Å². The quantitative estimate of drug-likeness (QED) is 0.820. The lowest BCUT2D eigenvalue weighted by Crippen LogP contribution is -2.51. The maximum absolute atomic E-state index is 12.2. The molecule has 1 aliphatic heterocycles. The van der Waals surface area contributed by atoms with Crippen molar-refractivity contribution in [2.45, 2.75) is 31.4 Å². The van der Waals surface area contributed by atoms with Crippen LogP contribution in [0.2, 0.25) is 0 Å². The van der Waals surface area contributed by atoms with E-state index in [0.717, 1.165) is 6.42 Å². The standard InChI is InChI=1S/C14H19NO5S/c1-14(13(16)17,11-6-3-2-4-7-11)15-21(18,19)10-12-8-5-9-20-12/h2-4,6-7,12,15H,5,8-10H2,1H3,(H,16,17). The molecule has 6 nitrogen and oxygen atoms in total. The molecule has 7 heteroatoms. The second kappa shape index (κ2) is 6.13. The molecule has 0 saturated carbocycles. The molecule has 0 aromatic heterocycles. The Bertz CT molecular complexity index is 595. The minimum Gasteiger partial charge on any atom is -0.480 e. The van der Waals surface area contributed by atoms with Crippen molar-refractivity contribution < 1.29 is 23.1 Å². The third kappa shape index (κ3) is 3.81. The number of nitrogens with one attached hydrogen (secondary N) is 1. The lowest BCUT2D eigenvalue weighted by atomic mass is 9.94. The second-order valence-corrected chi connectivity index (χ2v) is 7.08. The van der Waals surface area contributed by atoms with E-state index in [4.69, 9.17) is 4.74 Å². The van der Waals surface area contributed by atoms with Crippen molar-refractivity contribution in [3.63, 3.8) is 0 Å². The molecule has 1 aromatic rings. The van der Waals surface area contributed by atoms with Crippen molar-refractivity contribution in [1.29, 1.82) is 0 Å². The molecule has 2 unspecified atom stereocenters. The topological polar surface area (TPSA) is 92.7 Å². The van der Waals surface area contributed by atoms with E-state index in [2.05, 4.69) is 4.72 Å². The Labute approximate surface area is 124 Å². The molecule has 2 N–H and O–H groups in total. The highest BCUT2D eigenvalue weighted by atomic mass is 32.2. The Morgan fingerprint density at radius 3 is 2.62 bits per heavy atom. The van der Waals surface area contributed by atoms with Crippen LogP contribution in [0.1, 0.15) is 25.3 Å². The Hall–Kier alpha value is -1.44. The van der Waals surface area contributed by atoms with Crippen LogP contribution in [-0.4, -0.2) is 38.0 Å². The number of aliphatic carboxylic acids is 1. The summed E-state index contributed by atoms with van der Waals surface area (Å²) in [5, 5.41) is 9.45. The van der Waals surface area contributed by atoms with Gasteiger partial charge in [0.25, 0.3) is 0 Å². The molecule has 0 bridgehead atoms. The average molecular weight is 313 g/mol. The summed E-state index contributed by atoms with van der Waals surface area (Å²) in [6, 6.07) is 8.26. The number of carbonyl (C=O) groups is 1. The van der Waals surface area contributed by atoms with Crippen LogP contribution in [-0.2, 0) is 25.1 Å². The van der Waals surface area contributed by atoms with Crippen LogP contribution in [0.3, 0.4) is 0 Å². The van der Waals surface area contributed by atoms with Gasteiger partial charge in [0, 0.05) is 6.61 Å². The summed E-state index contributed by atoms with van der Waals surface area (Å²) in [6.45, 7) is 1.90. The van der Waals surface area contributed by atoms with Gasteiger partial charge in [-0.05, 0) is 25.3 Å². The van der Waals surface area contributed by atoms with Gasteiger partial charge < -0.3 is 9.84 Å². The van der Waals surface area contributed by atoms with Gasteiger partial charge in [0.2, 0.25) is 10.0 Å². The Balaban J connectivity index is 2.21. The van der Waals surface area contributed by atoms with Crippen molar-refractivity contribution in [2.24, 2.45) is 0 Å². The first kappa shape index (κ1) is 15.9. The van der Waals surface area contributed by atoms with Gasteiger partial charge in [0.15, 0.2) is 5.54 Å². The van der Waals surface area contributed by atoms with E-state index in [0.29, 0.717) is 18.6 Å². The molecule has 0 spiro atoms. The SMILES string of the molecule is CC(NS(=O)(=O)CC1CCCO1)(C(=O)O)c1ccccc1. The smallest absolute Gasteiger partial charge is 0.329 e. The van der Waals surface area contributed by atoms with E-state index in [9.17, 15) is 18.3 Å². The molecule has 116 valence electrons. The van der Waals surface area contributed by atoms with E-state index in [1.165, 1.54) is 6.92 Å². The molecule has 21 heavy (non-hydrogen) atoms. The van der Waals surface area contributed by atoms with Gasteiger partial charge in [0.05, 0.1) is 11.9 Å². The molecule has 1 aliphatic rings. The number of hydrogen-bond acceptors (Lipinski definition) is 4. The molecule has 0 aliphatic carbocycles. The van der Waals surface area contributed by atoms with Gasteiger partial charge in [-0.25, -0.2) is 13.2 Å². The van der Waals surface area contributed by atoms with Crippen LogP contribution < -0.4 is 4.72 Å². The largest absolute Gasteiger partial charge is 0.480 e. The lowest BCUT2D eigenvalue weighted by molar-refractivity contribution is -0.143. The van der Waals surface area contributed by atoms with Crippen LogP contribution in [0.4, 0.5) is 0 Å². The van der Waals surface area contributed by atoms with Crippen molar-refractivity contribution >= 4 is 16.0 Å². The number of ether oxygens (including phenoxy) is 1. The van der Waals surface area contributed by atoms with E-state index in [-0.39, 0.29) is 11.9 Å². The summed E-state index contributed by atoms with van der Waals surface area (Å²) in [5.74, 6) is -1.47. The summed E-state index contributed by atoms with van der Waals surface area (Å²) in [5.41, 5.74) is -1.31. The maximum atomic E-state index is 12.2. The number of carboxylic acid groups (broad SMARTS) is 1. The highest BCUT2D eigenvalue weighted by Gasteiger charge is 2.40. The summed E-state index contributed by atoms with van der Waals surface area (Å²) >= 11 is 0. The molecule has 2 atom stereocenters. The summed E-state index contributed by atoms with van der Waals surface area (Å²) in [6.07, 6.45) is 1.14. The molecule has 0 radical (unpaired) electrons. The number of hydrogen-bond donors (Lipinski definition) is 2. The van der Waals surface area contributed by atoms with Crippen LogP contribution in [0.15, 0.2) is 30.3 Å². The third-order valence-corrected chi connectivity index (χ3v) is 5.10. The zero-order valence-electron chi connectivity index (χ0n) is 11.8. The first-order valence-corrected chi connectivity index (χ1v) is 8.41. The van der Waals surface area contributed by atoms with Gasteiger partial charge in [0.1, 0.15) is 0 Å². The van der Waals surface area contributed by atoms with Crippen molar-refractivity contribution in [3.8, 4) is 0 Å². The molecular weight excluding hydrogens is 294 g/mol.